The van der Waals surface area contributed by atoms with Crippen LogP contribution in [0.3, 0.4) is 0 Å². The highest BCUT2D eigenvalue weighted by molar-refractivity contribution is 6.28. The fourth-order valence-corrected chi connectivity index (χ4v) is 2.62. The average Bonchev–Trinajstić information content (AvgIpc) is 2.63. The summed E-state index contributed by atoms with van der Waals surface area (Å²) in [5.74, 6) is 0.733. The first-order chi connectivity index (χ1) is 9.24. The van der Waals surface area contributed by atoms with E-state index in [0.717, 1.165) is 31.7 Å². The number of benzene rings is 1. The number of hydrogen-bond donors (Lipinski definition) is 1. The van der Waals surface area contributed by atoms with Crippen molar-refractivity contribution < 1.29 is 0 Å². The van der Waals surface area contributed by atoms with E-state index < -0.39 is 0 Å². The first-order valence-corrected chi connectivity index (χ1v) is 6.71. The lowest BCUT2D eigenvalue weighted by atomic mass is 10.0. The van der Waals surface area contributed by atoms with E-state index in [1.165, 1.54) is 11.1 Å². The second kappa shape index (κ2) is 5.05. The minimum absolute atomic E-state index is 0.238. The molecular weight excluding hydrogens is 260 g/mol. The maximum atomic E-state index is 5.97. The van der Waals surface area contributed by atoms with Gasteiger partial charge in [0.1, 0.15) is 0 Å². The summed E-state index contributed by atoms with van der Waals surface area (Å²) in [4.78, 5) is 10.3. The first kappa shape index (κ1) is 12.2. The van der Waals surface area contributed by atoms with Gasteiger partial charge in [-0.1, -0.05) is 24.3 Å². The van der Waals surface area contributed by atoms with Crippen LogP contribution in [0.25, 0.3) is 0 Å². The molecule has 0 radical (unpaired) electrons. The standard InChI is InChI=1S/C14H15ClN4/c15-14-17-8-12(16)13(18-14)19-7-3-6-10-4-1-2-5-11(10)9-19/h1-2,4-5,8H,3,6-7,9,16H2. The molecule has 0 atom stereocenters. The van der Waals surface area contributed by atoms with Gasteiger partial charge in [-0.3, -0.25) is 0 Å². The molecule has 1 aliphatic heterocycles. The number of aryl methyl sites for hydroxylation is 1. The molecule has 0 bridgehead atoms. The van der Waals surface area contributed by atoms with Crippen LogP contribution in [0.15, 0.2) is 30.5 Å². The molecule has 0 spiro atoms. The molecule has 1 aromatic carbocycles. The summed E-state index contributed by atoms with van der Waals surface area (Å²) in [6.45, 7) is 1.74. The molecule has 1 aliphatic rings. The van der Waals surface area contributed by atoms with E-state index in [-0.39, 0.29) is 5.28 Å². The Bertz CT molecular complexity index is 600. The topological polar surface area (TPSA) is 55.0 Å². The predicted molar refractivity (Wildman–Crippen MR) is 77.3 cm³/mol. The minimum Gasteiger partial charge on any atom is -0.394 e. The maximum Gasteiger partial charge on any atom is 0.224 e. The van der Waals surface area contributed by atoms with Crippen molar-refractivity contribution in [2.75, 3.05) is 17.2 Å². The Morgan fingerprint density at radius 2 is 2.00 bits per heavy atom. The second-order valence-electron chi connectivity index (χ2n) is 4.71. The van der Waals surface area contributed by atoms with Crippen molar-refractivity contribution in [2.24, 2.45) is 0 Å². The van der Waals surface area contributed by atoms with Gasteiger partial charge in [-0.05, 0) is 35.6 Å². The van der Waals surface area contributed by atoms with Crippen LogP contribution >= 0.6 is 11.6 Å². The van der Waals surface area contributed by atoms with Crippen molar-refractivity contribution in [1.82, 2.24) is 9.97 Å². The van der Waals surface area contributed by atoms with Crippen LogP contribution < -0.4 is 10.6 Å². The van der Waals surface area contributed by atoms with Crippen LogP contribution in [0.1, 0.15) is 17.5 Å². The monoisotopic (exact) mass is 274 g/mol. The number of hydrogen-bond acceptors (Lipinski definition) is 4. The lowest BCUT2D eigenvalue weighted by molar-refractivity contribution is 0.754. The fraction of sp³-hybridized carbons (Fsp3) is 0.286. The highest BCUT2D eigenvalue weighted by Gasteiger charge is 2.17. The lowest BCUT2D eigenvalue weighted by Crippen LogP contribution is -2.24. The normalized spacial score (nSPS) is 14.9. The molecule has 0 saturated heterocycles. The van der Waals surface area contributed by atoms with Crippen molar-refractivity contribution >= 4 is 23.1 Å². The molecule has 0 unspecified atom stereocenters. The third-order valence-electron chi connectivity index (χ3n) is 3.42. The Kier molecular flexibility index (Phi) is 3.25. The molecule has 19 heavy (non-hydrogen) atoms. The molecule has 3 rings (SSSR count). The van der Waals surface area contributed by atoms with Crippen LogP contribution in [-0.4, -0.2) is 16.5 Å². The van der Waals surface area contributed by atoms with Crippen LogP contribution in [0.2, 0.25) is 5.28 Å². The molecule has 0 amide bonds. The number of nitrogen functional groups attached to an aromatic ring is 1. The summed E-state index contributed by atoms with van der Waals surface area (Å²) < 4.78 is 0. The third-order valence-corrected chi connectivity index (χ3v) is 3.60. The SMILES string of the molecule is Nc1cnc(Cl)nc1N1CCCc2ccccc2C1. The van der Waals surface area contributed by atoms with Gasteiger partial charge in [-0.2, -0.15) is 4.98 Å². The number of fused-ring (bicyclic) bond motifs is 1. The van der Waals surface area contributed by atoms with Crippen molar-refractivity contribution in [3.8, 4) is 0 Å². The summed E-state index contributed by atoms with van der Waals surface area (Å²) >= 11 is 5.87. The number of rotatable bonds is 1. The Hall–Kier alpha value is -1.81. The van der Waals surface area contributed by atoms with Gasteiger partial charge in [0.05, 0.1) is 11.9 Å². The van der Waals surface area contributed by atoms with Gasteiger partial charge in [-0.25, -0.2) is 4.98 Å². The predicted octanol–water partition coefficient (Wildman–Crippen LogP) is 2.67. The van der Waals surface area contributed by atoms with Crippen LogP contribution in [0, 0.1) is 0 Å². The van der Waals surface area contributed by atoms with E-state index >= 15 is 0 Å². The van der Waals surface area contributed by atoms with Crippen molar-refractivity contribution in [3.05, 3.63) is 46.9 Å². The molecule has 0 fully saturated rings. The maximum absolute atomic E-state index is 5.97. The highest BCUT2D eigenvalue weighted by atomic mass is 35.5. The molecule has 0 aliphatic carbocycles. The number of aromatic nitrogens is 2. The molecule has 1 aromatic heterocycles. The molecule has 4 nitrogen and oxygen atoms in total. The third kappa shape index (κ3) is 2.49. The lowest BCUT2D eigenvalue weighted by Gasteiger charge is -2.23. The van der Waals surface area contributed by atoms with Crippen molar-refractivity contribution in [1.29, 1.82) is 0 Å². The molecule has 5 heteroatoms. The molecule has 2 aromatic rings. The molecule has 2 N–H and O–H groups in total. The second-order valence-corrected chi connectivity index (χ2v) is 5.05. The van der Waals surface area contributed by atoms with E-state index in [2.05, 4.69) is 39.1 Å². The molecule has 98 valence electrons. The fourth-order valence-electron chi connectivity index (χ4n) is 2.50. The quantitative estimate of drug-likeness (QED) is 0.813. The van der Waals surface area contributed by atoms with Gasteiger partial charge in [0.25, 0.3) is 0 Å². The Morgan fingerprint density at radius 3 is 2.84 bits per heavy atom. The number of nitrogens with two attached hydrogens (primary N) is 1. The van der Waals surface area contributed by atoms with Crippen molar-refractivity contribution in [2.45, 2.75) is 19.4 Å². The van der Waals surface area contributed by atoms with Gasteiger partial charge in [0.15, 0.2) is 5.82 Å². The number of anilines is 2. The van der Waals surface area contributed by atoms with Crippen LogP contribution in [0.5, 0.6) is 0 Å². The first-order valence-electron chi connectivity index (χ1n) is 6.34. The van der Waals surface area contributed by atoms with Gasteiger partial charge in [-0.15, -0.1) is 0 Å². The highest BCUT2D eigenvalue weighted by Crippen LogP contribution is 2.26. The molecule has 0 saturated carbocycles. The van der Waals surface area contributed by atoms with Gasteiger partial charge >= 0.3 is 0 Å². The minimum atomic E-state index is 0.238. The Morgan fingerprint density at radius 1 is 1.21 bits per heavy atom. The van der Waals surface area contributed by atoms with Gasteiger partial charge in [0.2, 0.25) is 5.28 Å². The molecular formula is C14H15ClN4. The van der Waals surface area contributed by atoms with E-state index in [1.807, 2.05) is 0 Å². The van der Waals surface area contributed by atoms with Crippen molar-refractivity contribution in [3.63, 3.8) is 0 Å². The van der Waals surface area contributed by atoms with E-state index in [4.69, 9.17) is 17.3 Å². The van der Waals surface area contributed by atoms with E-state index in [0.29, 0.717) is 5.69 Å². The largest absolute Gasteiger partial charge is 0.394 e. The zero-order valence-corrected chi connectivity index (χ0v) is 11.3. The van der Waals surface area contributed by atoms with Gasteiger partial charge in [0, 0.05) is 13.1 Å². The summed E-state index contributed by atoms with van der Waals surface area (Å²) in [5, 5.41) is 0.238. The van der Waals surface area contributed by atoms with E-state index in [1.54, 1.807) is 6.20 Å². The number of nitrogens with zero attached hydrogens (tertiary/aromatic N) is 3. The van der Waals surface area contributed by atoms with Crippen LogP contribution in [-0.2, 0) is 13.0 Å². The van der Waals surface area contributed by atoms with Gasteiger partial charge < -0.3 is 10.6 Å². The summed E-state index contributed by atoms with van der Waals surface area (Å²) in [6.07, 6.45) is 3.74. The van der Waals surface area contributed by atoms with E-state index in [9.17, 15) is 0 Å². The van der Waals surface area contributed by atoms with Crippen LogP contribution in [0.4, 0.5) is 11.5 Å². The molecule has 2 heterocycles. The summed E-state index contributed by atoms with van der Waals surface area (Å²) in [7, 11) is 0. The Labute approximate surface area is 117 Å². The Balaban J connectivity index is 1.96. The zero-order chi connectivity index (χ0) is 13.2. The smallest absolute Gasteiger partial charge is 0.224 e. The summed E-state index contributed by atoms with van der Waals surface area (Å²) in [6, 6.07) is 8.50. The zero-order valence-electron chi connectivity index (χ0n) is 10.5. The average molecular weight is 275 g/mol. The number of halogens is 1. The summed E-state index contributed by atoms with van der Waals surface area (Å²) in [5.41, 5.74) is 9.27.